The second kappa shape index (κ2) is 17.9. The lowest BCUT2D eigenvalue weighted by molar-refractivity contribution is 0.122. The van der Waals surface area contributed by atoms with E-state index in [-0.39, 0.29) is 26.8 Å². The smallest absolute Gasteiger partial charge is 0.152 e. The molecule has 0 radical (unpaired) electrons. The molecule has 0 spiro atoms. The standard InChI is InChI=1S/C31H33F2N5O2.C18H14ClF2N/c1-19-4-5-24(20(2)14-19)29-21(3)30(28-25(33)15-22(32)16-26(28)35-29)36-27-17-23(37-6-10-39-11-7-37)18-34-31(27)38-8-12-40-13-9-38;1-9-4-5-13(10(2)6-9)18-11(3)17(19)16-14(21)7-12(20)8-15(16)22-18/h4-5,14-18H,6-13H2,1-3H3,(H,35,36);4-8H,1-3H3. The van der Waals surface area contributed by atoms with Crippen LogP contribution in [0, 0.1) is 64.8 Å². The Hall–Kier alpha value is -5.82. The van der Waals surface area contributed by atoms with Crippen LogP contribution in [0.15, 0.2) is 72.9 Å². The number of rotatable bonds is 6. The van der Waals surface area contributed by atoms with Gasteiger partial charge in [0.25, 0.3) is 0 Å². The number of nitrogens with one attached hydrogen (secondary N) is 1. The molecule has 3 aromatic heterocycles. The summed E-state index contributed by atoms with van der Waals surface area (Å²) < 4.78 is 68.5. The van der Waals surface area contributed by atoms with Gasteiger partial charge in [0.2, 0.25) is 0 Å². The molecule has 7 aromatic rings. The zero-order chi connectivity index (χ0) is 43.8. The maximum absolute atomic E-state index is 15.5. The van der Waals surface area contributed by atoms with Gasteiger partial charge in [0.1, 0.15) is 23.3 Å². The van der Waals surface area contributed by atoms with E-state index in [4.69, 9.17) is 31.0 Å². The molecule has 0 saturated carbocycles. The van der Waals surface area contributed by atoms with Gasteiger partial charge in [0.05, 0.1) is 87.9 Å². The van der Waals surface area contributed by atoms with Gasteiger partial charge in [-0.25, -0.2) is 32.5 Å². The van der Waals surface area contributed by atoms with E-state index in [0.29, 0.717) is 62.2 Å². The Morgan fingerprint density at radius 1 is 0.597 bits per heavy atom. The van der Waals surface area contributed by atoms with Gasteiger partial charge in [-0.1, -0.05) is 59.1 Å². The number of hydrogen-bond acceptors (Lipinski definition) is 8. The minimum absolute atomic E-state index is 0.161. The molecule has 1 N–H and O–H groups in total. The number of halogens is 5. The summed E-state index contributed by atoms with van der Waals surface area (Å²) in [6.07, 6.45) is 1.88. The number of fused-ring (bicyclic) bond motifs is 2. The summed E-state index contributed by atoms with van der Waals surface area (Å²) in [7, 11) is 0. The minimum Gasteiger partial charge on any atom is -0.378 e. The molecule has 0 amide bonds. The number of ether oxygens (including phenoxy) is 2. The second-order valence-corrected chi connectivity index (χ2v) is 16.3. The summed E-state index contributed by atoms with van der Waals surface area (Å²) in [5.41, 5.74) is 11.7. The minimum atomic E-state index is -0.692. The van der Waals surface area contributed by atoms with Crippen LogP contribution < -0.4 is 15.1 Å². The average molecular weight is 863 g/mol. The molecule has 2 saturated heterocycles. The fraction of sp³-hybridized carbons (Fsp3) is 0.286. The highest BCUT2D eigenvalue weighted by atomic mass is 35.5. The highest BCUT2D eigenvalue weighted by Gasteiger charge is 2.24. The van der Waals surface area contributed by atoms with Crippen molar-refractivity contribution in [3.8, 4) is 22.5 Å². The summed E-state index contributed by atoms with van der Waals surface area (Å²) in [6, 6.07) is 18.4. The Balaban J connectivity index is 0.000000203. The van der Waals surface area contributed by atoms with E-state index in [1.54, 1.807) is 6.92 Å². The van der Waals surface area contributed by atoms with Gasteiger partial charge in [-0.05, 0) is 69.9 Å². The Kier molecular flexibility index (Phi) is 12.4. The maximum Gasteiger partial charge on any atom is 0.152 e. The van der Waals surface area contributed by atoms with Crippen LogP contribution in [0.5, 0.6) is 0 Å². The third kappa shape index (κ3) is 8.64. The van der Waals surface area contributed by atoms with Crippen molar-refractivity contribution in [2.45, 2.75) is 41.5 Å². The maximum atomic E-state index is 15.5. The topological polar surface area (TPSA) is 75.6 Å². The number of aromatic nitrogens is 3. The molecule has 2 fully saturated rings. The fourth-order valence-electron chi connectivity index (χ4n) is 8.30. The molecule has 2 aliphatic heterocycles. The lowest BCUT2D eigenvalue weighted by Crippen LogP contribution is -2.38. The van der Waals surface area contributed by atoms with E-state index < -0.39 is 23.3 Å². The van der Waals surface area contributed by atoms with E-state index >= 15 is 4.39 Å². The van der Waals surface area contributed by atoms with Crippen molar-refractivity contribution < 1.29 is 27.0 Å². The Morgan fingerprint density at radius 2 is 1.10 bits per heavy atom. The molecular weight excluding hydrogens is 816 g/mol. The largest absolute Gasteiger partial charge is 0.378 e. The first kappa shape index (κ1) is 42.9. The van der Waals surface area contributed by atoms with E-state index in [9.17, 15) is 13.2 Å². The van der Waals surface area contributed by atoms with Gasteiger partial charge in [-0.15, -0.1) is 0 Å². The fourth-order valence-corrected chi connectivity index (χ4v) is 8.58. The zero-order valence-electron chi connectivity index (χ0n) is 35.5. The molecule has 9 rings (SSSR count). The number of aryl methyl sites for hydroxylation is 4. The first-order valence-electron chi connectivity index (χ1n) is 20.6. The summed E-state index contributed by atoms with van der Waals surface area (Å²) in [5, 5.41) is 4.24. The Bertz CT molecular complexity index is 2840. The van der Waals surface area contributed by atoms with Crippen LogP contribution in [-0.2, 0) is 9.47 Å². The van der Waals surface area contributed by atoms with Crippen molar-refractivity contribution in [2.75, 3.05) is 67.7 Å². The molecule has 0 unspecified atom stereocenters. The van der Waals surface area contributed by atoms with Crippen LogP contribution in [0.25, 0.3) is 44.3 Å². The lowest BCUT2D eigenvalue weighted by Gasteiger charge is -2.32. The molecule has 4 aromatic carbocycles. The predicted octanol–water partition coefficient (Wildman–Crippen LogP) is 11.7. The molecule has 62 heavy (non-hydrogen) atoms. The Labute approximate surface area is 363 Å². The van der Waals surface area contributed by atoms with Crippen LogP contribution in [0.3, 0.4) is 0 Å². The average Bonchev–Trinajstić information content (AvgIpc) is 3.24. The highest BCUT2D eigenvalue weighted by Crippen LogP contribution is 2.41. The number of hydrogen-bond donors (Lipinski definition) is 1. The number of benzene rings is 4. The van der Waals surface area contributed by atoms with Crippen molar-refractivity contribution >= 4 is 56.3 Å². The van der Waals surface area contributed by atoms with Gasteiger partial charge in [0, 0.05) is 61.6 Å². The normalized spacial score (nSPS) is 14.3. The van der Waals surface area contributed by atoms with E-state index in [1.165, 1.54) is 12.1 Å². The van der Waals surface area contributed by atoms with E-state index in [0.717, 1.165) is 81.4 Å². The molecule has 5 heterocycles. The molecule has 0 aliphatic carbocycles. The van der Waals surface area contributed by atoms with Crippen LogP contribution in [0.2, 0.25) is 5.02 Å². The van der Waals surface area contributed by atoms with Gasteiger partial charge >= 0.3 is 0 Å². The molecular formula is C49H47ClF4N6O2. The van der Waals surface area contributed by atoms with Crippen molar-refractivity contribution in [2.24, 2.45) is 0 Å². The van der Waals surface area contributed by atoms with Gasteiger partial charge < -0.3 is 24.6 Å². The highest BCUT2D eigenvalue weighted by molar-refractivity contribution is 6.36. The second-order valence-electron chi connectivity index (χ2n) is 15.9. The van der Waals surface area contributed by atoms with Gasteiger partial charge in [-0.2, -0.15) is 0 Å². The monoisotopic (exact) mass is 862 g/mol. The lowest BCUT2D eigenvalue weighted by atomic mass is 9.97. The van der Waals surface area contributed by atoms with Gasteiger partial charge in [0.15, 0.2) is 5.82 Å². The first-order chi connectivity index (χ1) is 29.8. The summed E-state index contributed by atoms with van der Waals surface area (Å²) in [6.45, 7) is 17.2. The summed E-state index contributed by atoms with van der Waals surface area (Å²) in [4.78, 5) is 18.5. The number of morpholine rings is 2. The van der Waals surface area contributed by atoms with Crippen molar-refractivity contribution in [1.82, 2.24) is 15.0 Å². The number of anilines is 4. The molecule has 0 atom stereocenters. The SMILES string of the molecule is Cc1ccc(-c2nc3cc(F)cc(F)c3c(Cl)c2C)c(C)c1.Cc1ccc(-c2nc3cc(F)cc(F)c3c(Nc3cc(N4CCOCC4)cnc3N3CCOCC3)c2C)c(C)c1. The van der Waals surface area contributed by atoms with E-state index in [1.807, 2.05) is 71.1 Å². The zero-order valence-corrected chi connectivity index (χ0v) is 36.3. The van der Waals surface area contributed by atoms with Gasteiger partial charge in [-0.3, -0.25) is 0 Å². The molecule has 8 nitrogen and oxygen atoms in total. The quantitative estimate of drug-likeness (QED) is 0.166. The Morgan fingerprint density at radius 3 is 1.65 bits per heavy atom. The third-order valence-corrected chi connectivity index (χ3v) is 12.0. The van der Waals surface area contributed by atoms with Crippen LogP contribution >= 0.6 is 11.6 Å². The number of pyridine rings is 3. The summed E-state index contributed by atoms with van der Waals surface area (Å²) in [5.74, 6) is -1.92. The van der Waals surface area contributed by atoms with Crippen LogP contribution in [0.4, 0.5) is 40.4 Å². The molecule has 2 aliphatic rings. The van der Waals surface area contributed by atoms with Crippen molar-refractivity contribution in [3.05, 3.63) is 135 Å². The van der Waals surface area contributed by atoms with Crippen LogP contribution in [0.1, 0.15) is 33.4 Å². The van der Waals surface area contributed by atoms with Crippen molar-refractivity contribution in [1.29, 1.82) is 0 Å². The summed E-state index contributed by atoms with van der Waals surface area (Å²) >= 11 is 6.32. The van der Waals surface area contributed by atoms with Crippen molar-refractivity contribution in [3.63, 3.8) is 0 Å². The first-order valence-corrected chi connectivity index (χ1v) is 21.0. The molecule has 0 bridgehead atoms. The number of nitrogens with zero attached hydrogens (tertiary/aromatic N) is 5. The van der Waals surface area contributed by atoms with E-state index in [2.05, 4.69) is 32.2 Å². The predicted molar refractivity (Wildman–Crippen MR) is 241 cm³/mol. The van der Waals surface area contributed by atoms with Crippen LogP contribution in [-0.4, -0.2) is 67.6 Å². The molecule has 320 valence electrons. The third-order valence-electron chi connectivity index (χ3n) is 11.5. The molecule has 13 heteroatoms.